The number of hydrogen-bond donors (Lipinski definition) is 2. The summed E-state index contributed by atoms with van der Waals surface area (Å²) >= 11 is 0. The van der Waals surface area contributed by atoms with Gasteiger partial charge in [-0.3, -0.25) is 4.79 Å². The van der Waals surface area contributed by atoms with Gasteiger partial charge in [-0.15, -0.1) is 0 Å². The van der Waals surface area contributed by atoms with Crippen molar-refractivity contribution in [3.05, 3.63) is 0 Å². The molecule has 1 fully saturated rings. The number of piperidine rings is 1. The molecule has 0 aromatic carbocycles. The minimum atomic E-state index is -0.721. The van der Waals surface area contributed by atoms with Gasteiger partial charge < -0.3 is 15.3 Å². The minimum absolute atomic E-state index is 0.230. The number of carbonyl (C=O) groups is 1. The number of carboxylic acid groups (broad SMARTS) is 1. The van der Waals surface area contributed by atoms with Gasteiger partial charge in [-0.05, 0) is 45.3 Å². The summed E-state index contributed by atoms with van der Waals surface area (Å²) in [6, 6.07) is -0.153. The van der Waals surface area contributed by atoms with Crippen molar-refractivity contribution in [2.45, 2.75) is 64.5 Å². The molecule has 1 atom stereocenters. The molecule has 0 spiro atoms. The van der Waals surface area contributed by atoms with E-state index in [0.717, 1.165) is 25.8 Å². The molecule has 1 heterocycles. The topological polar surface area (TPSA) is 52.6 Å². The molecule has 0 saturated carbocycles. The molecule has 0 aromatic rings. The lowest BCUT2D eigenvalue weighted by Gasteiger charge is -2.26. The standard InChI is InChI=1S/C14H28N2O2/c1-12(2)15-13(14(17)18)8-4-7-11-16-9-5-3-6-10-16/h12-13,15H,3-11H2,1-2H3,(H,17,18). The largest absolute Gasteiger partial charge is 0.480 e. The number of nitrogens with zero attached hydrogens (tertiary/aromatic N) is 1. The van der Waals surface area contributed by atoms with E-state index in [2.05, 4.69) is 10.2 Å². The Balaban J connectivity index is 2.12. The van der Waals surface area contributed by atoms with Crippen molar-refractivity contribution in [2.24, 2.45) is 0 Å². The number of rotatable bonds is 8. The molecule has 1 unspecified atom stereocenters. The Morgan fingerprint density at radius 1 is 1.22 bits per heavy atom. The number of likely N-dealkylation sites (tertiary alicyclic amines) is 1. The molecule has 1 aliphatic heterocycles. The summed E-state index contributed by atoms with van der Waals surface area (Å²) in [5.74, 6) is -0.721. The predicted octanol–water partition coefficient (Wildman–Crippen LogP) is 2.09. The third-order valence-electron chi connectivity index (χ3n) is 3.50. The first-order chi connectivity index (χ1) is 8.59. The third-order valence-corrected chi connectivity index (χ3v) is 3.50. The van der Waals surface area contributed by atoms with E-state index in [1.54, 1.807) is 0 Å². The van der Waals surface area contributed by atoms with Crippen LogP contribution in [0.1, 0.15) is 52.4 Å². The minimum Gasteiger partial charge on any atom is -0.480 e. The predicted molar refractivity (Wildman–Crippen MR) is 73.8 cm³/mol. The molecule has 1 rings (SSSR count). The van der Waals surface area contributed by atoms with Crippen LogP contribution in [0.3, 0.4) is 0 Å². The van der Waals surface area contributed by atoms with Gasteiger partial charge in [-0.1, -0.05) is 26.7 Å². The van der Waals surface area contributed by atoms with Crippen molar-refractivity contribution < 1.29 is 9.90 Å². The van der Waals surface area contributed by atoms with Crippen molar-refractivity contribution in [1.29, 1.82) is 0 Å². The summed E-state index contributed by atoms with van der Waals surface area (Å²) in [6.07, 6.45) is 6.87. The summed E-state index contributed by atoms with van der Waals surface area (Å²) in [7, 11) is 0. The van der Waals surface area contributed by atoms with Gasteiger partial charge in [0, 0.05) is 6.04 Å². The van der Waals surface area contributed by atoms with Gasteiger partial charge in [0.1, 0.15) is 6.04 Å². The monoisotopic (exact) mass is 256 g/mol. The SMILES string of the molecule is CC(C)NC(CCCCN1CCCCC1)C(=O)O. The average Bonchev–Trinajstić information content (AvgIpc) is 2.33. The second-order valence-electron chi connectivity index (χ2n) is 5.61. The van der Waals surface area contributed by atoms with Gasteiger partial charge in [0.05, 0.1) is 0 Å². The molecular formula is C14H28N2O2. The van der Waals surface area contributed by atoms with Gasteiger partial charge in [-0.25, -0.2) is 0 Å². The maximum absolute atomic E-state index is 11.1. The van der Waals surface area contributed by atoms with E-state index in [1.807, 2.05) is 13.8 Å². The number of carboxylic acids is 1. The van der Waals surface area contributed by atoms with Crippen LogP contribution in [0, 0.1) is 0 Å². The molecule has 2 N–H and O–H groups in total. The fourth-order valence-electron chi connectivity index (χ4n) is 2.55. The Hall–Kier alpha value is -0.610. The molecule has 4 heteroatoms. The van der Waals surface area contributed by atoms with Crippen LogP contribution >= 0.6 is 0 Å². The summed E-state index contributed by atoms with van der Waals surface area (Å²) in [5, 5.41) is 12.2. The first-order valence-electron chi connectivity index (χ1n) is 7.31. The Morgan fingerprint density at radius 2 is 1.89 bits per heavy atom. The van der Waals surface area contributed by atoms with Gasteiger partial charge in [0.15, 0.2) is 0 Å². The molecule has 0 aliphatic carbocycles. The van der Waals surface area contributed by atoms with Crippen molar-refractivity contribution in [2.75, 3.05) is 19.6 Å². The molecule has 0 aromatic heterocycles. The lowest BCUT2D eigenvalue weighted by molar-refractivity contribution is -0.139. The quantitative estimate of drug-likeness (QED) is 0.653. The highest BCUT2D eigenvalue weighted by molar-refractivity contribution is 5.73. The average molecular weight is 256 g/mol. The first-order valence-corrected chi connectivity index (χ1v) is 7.31. The van der Waals surface area contributed by atoms with E-state index >= 15 is 0 Å². The highest BCUT2D eigenvalue weighted by atomic mass is 16.4. The molecule has 4 nitrogen and oxygen atoms in total. The van der Waals surface area contributed by atoms with Gasteiger partial charge >= 0.3 is 5.97 Å². The van der Waals surface area contributed by atoms with Crippen molar-refractivity contribution in [3.63, 3.8) is 0 Å². The molecule has 0 amide bonds. The van der Waals surface area contributed by atoms with Gasteiger partial charge in [0.25, 0.3) is 0 Å². The zero-order chi connectivity index (χ0) is 13.4. The molecule has 18 heavy (non-hydrogen) atoms. The number of hydrogen-bond acceptors (Lipinski definition) is 3. The lowest BCUT2D eigenvalue weighted by Crippen LogP contribution is -2.40. The molecule has 106 valence electrons. The third kappa shape index (κ3) is 6.36. The highest BCUT2D eigenvalue weighted by Gasteiger charge is 2.17. The van der Waals surface area contributed by atoms with Gasteiger partial charge in [0.2, 0.25) is 0 Å². The second kappa shape index (κ2) is 8.48. The van der Waals surface area contributed by atoms with E-state index in [9.17, 15) is 4.79 Å². The van der Waals surface area contributed by atoms with E-state index in [-0.39, 0.29) is 12.1 Å². The van der Waals surface area contributed by atoms with Crippen LogP contribution in [0.4, 0.5) is 0 Å². The van der Waals surface area contributed by atoms with Crippen LogP contribution in [-0.2, 0) is 4.79 Å². The maximum Gasteiger partial charge on any atom is 0.320 e. The first kappa shape index (κ1) is 15.4. The van der Waals surface area contributed by atoms with E-state index in [0.29, 0.717) is 0 Å². The van der Waals surface area contributed by atoms with Crippen LogP contribution < -0.4 is 5.32 Å². The summed E-state index contributed by atoms with van der Waals surface area (Å²) in [6.45, 7) is 7.57. The molecule has 1 saturated heterocycles. The van der Waals surface area contributed by atoms with Crippen molar-refractivity contribution in [3.8, 4) is 0 Å². The van der Waals surface area contributed by atoms with Crippen LogP contribution in [0.25, 0.3) is 0 Å². The normalized spacial score (nSPS) is 19.1. The Bertz CT molecular complexity index is 238. The Kier molecular flexibility index (Phi) is 7.28. The maximum atomic E-state index is 11.1. The fraction of sp³-hybridized carbons (Fsp3) is 0.929. The number of unbranched alkanes of at least 4 members (excludes halogenated alkanes) is 1. The molecular weight excluding hydrogens is 228 g/mol. The highest BCUT2D eigenvalue weighted by Crippen LogP contribution is 2.10. The molecule has 0 bridgehead atoms. The second-order valence-corrected chi connectivity index (χ2v) is 5.61. The summed E-state index contributed by atoms with van der Waals surface area (Å²) in [4.78, 5) is 13.6. The Morgan fingerprint density at radius 3 is 2.44 bits per heavy atom. The van der Waals surface area contributed by atoms with Crippen LogP contribution in [0.5, 0.6) is 0 Å². The Labute approximate surface area is 111 Å². The van der Waals surface area contributed by atoms with Crippen LogP contribution in [0.15, 0.2) is 0 Å². The van der Waals surface area contributed by atoms with Gasteiger partial charge in [-0.2, -0.15) is 0 Å². The number of aliphatic carboxylic acids is 1. The van der Waals surface area contributed by atoms with Crippen molar-refractivity contribution >= 4 is 5.97 Å². The van der Waals surface area contributed by atoms with Crippen LogP contribution in [-0.4, -0.2) is 47.7 Å². The zero-order valence-electron chi connectivity index (χ0n) is 11.8. The smallest absolute Gasteiger partial charge is 0.320 e. The summed E-state index contributed by atoms with van der Waals surface area (Å²) < 4.78 is 0. The van der Waals surface area contributed by atoms with E-state index in [1.165, 1.54) is 32.4 Å². The summed E-state index contributed by atoms with van der Waals surface area (Å²) in [5.41, 5.74) is 0. The lowest BCUT2D eigenvalue weighted by atomic mass is 10.1. The molecule has 1 aliphatic rings. The molecule has 0 radical (unpaired) electrons. The van der Waals surface area contributed by atoms with Crippen LogP contribution in [0.2, 0.25) is 0 Å². The van der Waals surface area contributed by atoms with E-state index < -0.39 is 5.97 Å². The zero-order valence-corrected chi connectivity index (χ0v) is 11.8. The fourth-order valence-corrected chi connectivity index (χ4v) is 2.55. The van der Waals surface area contributed by atoms with E-state index in [4.69, 9.17) is 5.11 Å². The van der Waals surface area contributed by atoms with Crippen molar-refractivity contribution in [1.82, 2.24) is 10.2 Å². The number of nitrogens with one attached hydrogen (secondary N) is 1.